The van der Waals surface area contributed by atoms with E-state index in [0.717, 1.165) is 42.7 Å². The van der Waals surface area contributed by atoms with Crippen molar-refractivity contribution in [3.8, 4) is 17.1 Å². The number of fused-ring (bicyclic) bond motifs is 2. The molecule has 2 aliphatic rings. The molecule has 0 saturated carbocycles. The second-order valence-electron chi connectivity index (χ2n) is 8.51. The van der Waals surface area contributed by atoms with Crippen LogP contribution in [0, 0.1) is 5.82 Å². The summed E-state index contributed by atoms with van der Waals surface area (Å²) in [5, 5.41) is 6.49. The van der Waals surface area contributed by atoms with Crippen LogP contribution in [0.25, 0.3) is 11.3 Å². The van der Waals surface area contributed by atoms with Crippen LogP contribution >= 0.6 is 23.2 Å². The van der Waals surface area contributed by atoms with E-state index in [9.17, 15) is 9.18 Å². The molecule has 3 aromatic rings. The number of nitrogens with zero attached hydrogens (tertiary/aromatic N) is 2. The molecule has 1 amide bonds. The summed E-state index contributed by atoms with van der Waals surface area (Å²) in [6.45, 7) is 3.27. The number of halogens is 3. The molecule has 2 aliphatic heterocycles. The number of ether oxygens (including phenoxy) is 1. The first-order valence-electron chi connectivity index (χ1n) is 10.9. The number of carbonyl (C=O) groups is 1. The van der Waals surface area contributed by atoms with Gasteiger partial charge in [0.25, 0.3) is 5.88 Å². The molecular weight excluding hydrogens is 480 g/mol. The Labute approximate surface area is 205 Å². The van der Waals surface area contributed by atoms with Gasteiger partial charge < -0.3 is 21.1 Å². The minimum absolute atomic E-state index is 0.0336. The minimum Gasteiger partial charge on any atom is -0.467 e. The first-order chi connectivity index (χ1) is 16.3. The third-order valence-electron chi connectivity index (χ3n) is 6.51. The van der Waals surface area contributed by atoms with Crippen molar-refractivity contribution in [2.75, 3.05) is 24.1 Å². The van der Waals surface area contributed by atoms with Gasteiger partial charge in [-0.1, -0.05) is 35.3 Å². The number of carbonyl (C=O) groups excluding carboxylic acids is 1. The molecule has 1 fully saturated rings. The number of nitrogens with one attached hydrogen (secondary N) is 2. The average Bonchev–Trinajstić information content (AvgIpc) is 3.08. The van der Waals surface area contributed by atoms with Gasteiger partial charge in [0.15, 0.2) is 5.82 Å². The number of nitrogen functional groups attached to an aromatic ring is 1. The molecule has 1 spiro atoms. The highest BCUT2D eigenvalue weighted by atomic mass is 35.5. The smallest absolute Gasteiger partial charge is 0.258 e. The lowest BCUT2D eigenvalue weighted by Gasteiger charge is -2.32. The zero-order chi connectivity index (χ0) is 24.0. The highest BCUT2D eigenvalue weighted by Gasteiger charge is 2.47. The number of benzene rings is 2. The molecule has 4 N–H and O–H groups in total. The van der Waals surface area contributed by atoms with Gasteiger partial charge in [0.1, 0.15) is 11.9 Å². The summed E-state index contributed by atoms with van der Waals surface area (Å²) in [6, 6.07) is 8.38. The molecule has 5 rings (SSSR count). The predicted molar refractivity (Wildman–Crippen MR) is 130 cm³/mol. The third kappa shape index (κ3) is 3.76. The molecule has 176 valence electrons. The number of hydrogen-bond acceptors (Lipinski definition) is 6. The number of nitrogens with two attached hydrogens (primary N) is 1. The molecule has 1 saturated heterocycles. The molecule has 7 nitrogen and oxygen atoms in total. The van der Waals surface area contributed by atoms with Gasteiger partial charge in [-0.05, 0) is 56.6 Å². The predicted octanol–water partition coefficient (Wildman–Crippen LogP) is 4.89. The largest absolute Gasteiger partial charge is 0.467 e. The molecule has 0 bridgehead atoms. The van der Waals surface area contributed by atoms with E-state index in [-0.39, 0.29) is 27.7 Å². The van der Waals surface area contributed by atoms with Crippen molar-refractivity contribution < 1.29 is 13.9 Å². The number of anilines is 2. The van der Waals surface area contributed by atoms with Crippen molar-refractivity contribution in [3.63, 3.8) is 0 Å². The average molecular weight is 502 g/mol. The van der Waals surface area contributed by atoms with Crippen molar-refractivity contribution in [1.29, 1.82) is 0 Å². The van der Waals surface area contributed by atoms with Crippen molar-refractivity contribution in [2.24, 2.45) is 0 Å². The quantitative estimate of drug-likeness (QED) is 0.440. The minimum atomic E-state index is -0.735. The number of amides is 1. The monoisotopic (exact) mass is 501 g/mol. The second-order valence-corrected chi connectivity index (χ2v) is 9.29. The molecule has 10 heteroatoms. The van der Waals surface area contributed by atoms with Gasteiger partial charge in [-0.25, -0.2) is 14.4 Å². The molecule has 0 unspecified atom stereocenters. The lowest BCUT2D eigenvalue weighted by Crippen LogP contribution is -2.44. The fourth-order valence-electron chi connectivity index (χ4n) is 4.69. The van der Waals surface area contributed by atoms with Crippen molar-refractivity contribution in [2.45, 2.75) is 31.3 Å². The SMILES string of the molecule is C[C@@H](Oc1nc(-c2ccc3c(c2)NC(=O)C32CCNCC2)cnc1N)c1c(Cl)ccc(F)c1Cl. The fraction of sp³-hybridized carbons (Fsp3) is 0.292. The summed E-state index contributed by atoms with van der Waals surface area (Å²) in [6.07, 6.45) is 2.32. The highest BCUT2D eigenvalue weighted by Crippen LogP contribution is 2.45. The standard InChI is InChI=1S/C24H22Cl2FN5O2/c1-12(19-15(25)4-5-16(27)20(19)26)34-22-21(28)30-11-18(31-22)13-2-3-14-17(10-13)32-23(33)24(14)6-8-29-9-7-24/h2-5,10-12,29H,6-9H2,1H3,(H2,28,30)(H,32,33)/t12-/m1/s1. The Morgan fingerprint density at radius 2 is 1.97 bits per heavy atom. The van der Waals surface area contributed by atoms with Crippen LogP contribution in [0.1, 0.15) is 37.0 Å². The summed E-state index contributed by atoms with van der Waals surface area (Å²) in [7, 11) is 0. The molecule has 0 radical (unpaired) electrons. The summed E-state index contributed by atoms with van der Waals surface area (Å²) in [4.78, 5) is 21.6. The molecule has 2 aromatic carbocycles. The van der Waals surface area contributed by atoms with Crippen LogP contribution in [0.3, 0.4) is 0 Å². The topological polar surface area (TPSA) is 102 Å². The maximum atomic E-state index is 14.0. The van der Waals surface area contributed by atoms with Gasteiger partial charge in [0.05, 0.1) is 22.3 Å². The number of hydrogen-bond donors (Lipinski definition) is 3. The maximum Gasteiger partial charge on any atom is 0.258 e. The Morgan fingerprint density at radius 3 is 2.74 bits per heavy atom. The Bertz CT molecular complexity index is 1300. The van der Waals surface area contributed by atoms with Gasteiger partial charge >= 0.3 is 0 Å². The van der Waals surface area contributed by atoms with Gasteiger partial charge in [0.2, 0.25) is 5.91 Å². The maximum absolute atomic E-state index is 14.0. The molecule has 34 heavy (non-hydrogen) atoms. The van der Waals surface area contributed by atoms with Crippen LogP contribution in [0.5, 0.6) is 5.88 Å². The normalized spacial score (nSPS) is 17.4. The molecule has 3 heterocycles. The van der Waals surface area contributed by atoms with E-state index in [0.29, 0.717) is 11.3 Å². The van der Waals surface area contributed by atoms with Crippen molar-refractivity contribution >= 4 is 40.6 Å². The lowest BCUT2D eigenvalue weighted by molar-refractivity contribution is -0.121. The van der Waals surface area contributed by atoms with Gasteiger partial charge in [-0.3, -0.25) is 4.79 Å². The summed E-state index contributed by atoms with van der Waals surface area (Å²) in [5.74, 6) is -0.426. The molecule has 1 atom stereocenters. The van der Waals surface area contributed by atoms with E-state index in [2.05, 4.69) is 20.6 Å². The Kier molecular flexibility index (Phi) is 5.83. The Balaban J connectivity index is 1.46. The van der Waals surface area contributed by atoms with Gasteiger partial charge in [0, 0.05) is 21.8 Å². The van der Waals surface area contributed by atoms with Crippen LogP contribution < -0.4 is 21.1 Å². The third-order valence-corrected chi connectivity index (χ3v) is 7.23. The van der Waals surface area contributed by atoms with Crippen molar-refractivity contribution in [3.05, 3.63) is 63.5 Å². The number of rotatable bonds is 4. The van der Waals surface area contributed by atoms with E-state index in [1.807, 2.05) is 18.2 Å². The van der Waals surface area contributed by atoms with Crippen LogP contribution in [0.4, 0.5) is 15.9 Å². The van der Waals surface area contributed by atoms with Crippen molar-refractivity contribution in [1.82, 2.24) is 15.3 Å². The Hall–Kier alpha value is -2.94. The van der Waals surface area contributed by atoms with Crippen LogP contribution in [-0.4, -0.2) is 29.0 Å². The van der Waals surface area contributed by atoms with Gasteiger partial charge in [-0.2, -0.15) is 0 Å². The van der Waals surface area contributed by atoms with Crippen LogP contribution in [0.2, 0.25) is 10.0 Å². The van der Waals surface area contributed by atoms with E-state index < -0.39 is 17.3 Å². The van der Waals surface area contributed by atoms with Crippen LogP contribution in [0.15, 0.2) is 36.5 Å². The summed E-state index contributed by atoms with van der Waals surface area (Å²) >= 11 is 12.3. The summed E-state index contributed by atoms with van der Waals surface area (Å²) < 4.78 is 19.9. The number of aromatic nitrogens is 2. The van der Waals surface area contributed by atoms with E-state index >= 15 is 0 Å². The number of piperidine rings is 1. The highest BCUT2D eigenvalue weighted by molar-refractivity contribution is 6.36. The van der Waals surface area contributed by atoms with E-state index in [1.165, 1.54) is 18.3 Å². The first-order valence-corrected chi connectivity index (χ1v) is 11.7. The first kappa shape index (κ1) is 22.8. The zero-order valence-corrected chi connectivity index (χ0v) is 19.8. The zero-order valence-electron chi connectivity index (χ0n) is 18.3. The fourth-order valence-corrected chi connectivity index (χ4v) is 5.37. The second kappa shape index (κ2) is 8.69. The van der Waals surface area contributed by atoms with E-state index in [4.69, 9.17) is 33.7 Å². The Morgan fingerprint density at radius 1 is 1.21 bits per heavy atom. The van der Waals surface area contributed by atoms with Gasteiger partial charge in [-0.15, -0.1) is 0 Å². The summed E-state index contributed by atoms with van der Waals surface area (Å²) in [5.41, 5.74) is 8.85. The molecule has 0 aliphatic carbocycles. The molecule has 1 aromatic heterocycles. The lowest BCUT2D eigenvalue weighted by atomic mass is 9.74. The van der Waals surface area contributed by atoms with Crippen LogP contribution in [-0.2, 0) is 10.2 Å². The van der Waals surface area contributed by atoms with E-state index in [1.54, 1.807) is 6.92 Å². The molecular formula is C24H22Cl2FN5O2.